The molecule has 0 bridgehead atoms. The van der Waals surface area contributed by atoms with Crippen molar-refractivity contribution < 1.29 is 4.79 Å². The third-order valence-electron chi connectivity index (χ3n) is 3.79. The van der Waals surface area contributed by atoms with Crippen LogP contribution >= 0.6 is 11.3 Å². The zero-order chi connectivity index (χ0) is 15.6. The van der Waals surface area contributed by atoms with Crippen LogP contribution in [0.25, 0.3) is 0 Å². The first-order valence-corrected chi connectivity index (χ1v) is 7.80. The van der Waals surface area contributed by atoms with E-state index in [1.54, 1.807) is 7.05 Å². The Bertz CT molecular complexity index is 577. The zero-order valence-electron chi connectivity index (χ0n) is 12.6. The molecule has 3 N–H and O–H groups in total. The van der Waals surface area contributed by atoms with Gasteiger partial charge < -0.3 is 20.9 Å². The van der Waals surface area contributed by atoms with Crippen molar-refractivity contribution in [2.45, 2.75) is 19.4 Å². The summed E-state index contributed by atoms with van der Waals surface area (Å²) in [6.45, 7) is 4.95. The number of nitriles is 1. The highest BCUT2D eigenvalue weighted by Crippen LogP contribution is 2.39. The minimum atomic E-state index is -0.231. The number of nitrogens with two attached hydrogens (primary N) is 1. The predicted octanol–water partition coefficient (Wildman–Crippen LogP) is 1.09. The molecule has 1 aliphatic heterocycles. The molecule has 1 fully saturated rings. The Hall–Kier alpha value is -1.78. The van der Waals surface area contributed by atoms with Gasteiger partial charge in [0.2, 0.25) is 0 Å². The fourth-order valence-electron chi connectivity index (χ4n) is 2.74. The molecule has 1 aromatic heterocycles. The van der Waals surface area contributed by atoms with Crippen LogP contribution in [0.2, 0.25) is 0 Å². The molecule has 0 spiro atoms. The van der Waals surface area contributed by atoms with Crippen LogP contribution in [0.3, 0.4) is 0 Å². The van der Waals surface area contributed by atoms with Gasteiger partial charge in [0, 0.05) is 26.2 Å². The molecule has 1 aromatic rings. The molecular weight excluding hydrogens is 286 g/mol. The SMILES string of the molecule is CNC(=O)c1c(N2CCCN(C)CC2C)sc(C#N)c1N. The molecule has 1 saturated heterocycles. The summed E-state index contributed by atoms with van der Waals surface area (Å²) in [5.41, 5.74) is 6.73. The molecular formula is C14H21N5OS. The zero-order valence-corrected chi connectivity index (χ0v) is 13.5. The normalized spacial score (nSPS) is 19.9. The first-order valence-electron chi connectivity index (χ1n) is 6.99. The molecule has 114 valence electrons. The number of hydrogen-bond acceptors (Lipinski definition) is 6. The van der Waals surface area contributed by atoms with Crippen molar-refractivity contribution in [1.82, 2.24) is 10.2 Å². The van der Waals surface area contributed by atoms with Gasteiger partial charge in [0.15, 0.2) is 0 Å². The van der Waals surface area contributed by atoms with E-state index in [1.807, 2.05) is 0 Å². The van der Waals surface area contributed by atoms with E-state index in [0.717, 1.165) is 31.1 Å². The van der Waals surface area contributed by atoms with Gasteiger partial charge in [-0.15, -0.1) is 11.3 Å². The van der Waals surface area contributed by atoms with Gasteiger partial charge in [0.1, 0.15) is 15.9 Å². The van der Waals surface area contributed by atoms with Crippen LogP contribution in [0.4, 0.5) is 10.7 Å². The van der Waals surface area contributed by atoms with E-state index in [1.165, 1.54) is 11.3 Å². The summed E-state index contributed by atoms with van der Waals surface area (Å²) in [7, 11) is 3.68. The van der Waals surface area contributed by atoms with E-state index in [4.69, 9.17) is 5.73 Å². The number of nitrogens with zero attached hydrogens (tertiary/aromatic N) is 3. The van der Waals surface area contributed by atoms with Gasteiger partial charge >= 0.3 is 0 Å². The topological polar surface area (TPSA) is 85.4 Å². The minimum absolute atomic E-state index is 0.231. The number of anilines is 2. The van der Waals surface area contributed by atoms with E-state index in [-0.39, 0.29) is 11.9 Å². The molecule has 1 atom stereocenters. The smallest absolute Gasteiger partial charge is 0.256 e. The lowest BCUT2D eigenvalue weighted by atomic mass is 10.2. The number of nitrogens with one attached hydrogen (secondary N) is 1. The number of likely N-dealkylation sites (N-methyl/N-ethyl adjacent to an activating group) is 1. The summed E-state index contributed by atoms with van der Waals surface area (Å²) in [4.78, 5) is 17.1. The fraction of sp³-hybridized carbons (Fsp3) is 0.571. The number of carbonyl (C=O) groups is 1. The molecule has 21 heavy (non-hydrogen) atoms. The van der Waals surface area contributed by atoms with E-state index in [9.17, 15) is 10.1 Å². The molecule has 6 nitrogen and oxygen atoms in total. The van der Waals surface area contributed by atoms with E-state index in [2.05, 4.69) is 35.2 Å². The summed E-state index contributed by atoms with van der Waals surface area (Å²) < 4.78 is 0. The van der Waals surface area contributed by atoms with Gasteiger partial charge in [-0.2, -0.15) is 5.26 Å². The Labute approximate surface area is 129 Å². The van der Waals surface area contributed by atoms with Crippen LogP contribution in [-0.2, 0) is 0 Å². The maximum atomic E-state index is 12.2. The number of hydrogen-bond donors (Lipinski definition) is 2. The van der Waals surface area contributed by atoms with Crippen molar-refractivity contribution in [3.63, 3.8) is 0 Å². The maximum absolute atomic E-state index is 12.2. The average molecular weight is 307 g/mol. The van der Waals surface area contributed by atoms with Gasteiger partial charge in [-0.05, 0) is 26.9 Å². The van der Waals surface area contributed by atoms with Crippen LogP contribution in [0.15, 0.2) is 0 Å². The standard InChI is InChI=1S/C14H21N5OS/c1-9-8-18(3)5-4-6-19(9)14-11(13(20)17-2)12(16)10(7-15)21-14/h9H,4-6,8,16H2,1-3H3,(H,17,20). The third-order valence-corrected chi connectivity index (χ3v) is 4.94. The van der Waals surface area contributed by atoms with Crippen molar-refractivity contribution in [2.75, 3.05) is 44.4 Å². The lowest BCUT2D eigenvalue weighted by Gasteiger charge is -2.29. The van der Waals surface area contributed by atoms with E-state index < -0.39 is 0 Å². The van der Waals surface area contributed by atoms with E-state index in [0.29, 0.717) is 16.1 Å². The molecule has 2 rings (SSSR count). The molecule has 0 saturated carbocycles. The van der Waals surface area contributed by atoms with Crippen molar-refractivity contribution in [3.05, 3.63) is 10.4 Å². The van der Waals surface area contributed by atoms with Crippen LogP contribution in [0.5, 0.6) is 0 Å². The van der Waals surface area contributed by atoms with Crippen molar-refractivity contribution in [3.8, 4) is 6.07 Å². The van der Waals surface area contributed by atoms with Crippen molar-refractivity contribution in [2.24, 2.45) is 0 Å². The van der Waals surface area contributed by atoms with Crippen LogP contribution in [-0.4, -0.2) is 50.6 Å². The second kappa shape index (κ2) is 6.33. The maximum Gasteiger partial charge on any atom is 0.256 e. The Balaban J connectivity index is 2.47. The summed E-state index contributed by atoms with van der Waals surface area (Å²) in [6.07, 6.45) is 1.02. The molecule has 1 aliphatic rings. The van der Waals surface area contributed by atoms with Gasteiger partial charge in [0.25, 0.3) is 5.91 Å². The monoisotopic (exact) mass is 307 g/mol. The summed E-state index contributed by atoms with van der Waals surface area (Å²) in [5.74, 6) is -0.231. The summed E-state index contributed by atoms with van der Waals surface area (Å²) in [6, 6.07) is 2.36. The lowest BCUT2D eigenvalue weighted by Crippen LogP contribution is -2.38. The third kappa shape index (κ3) is 2.96. The van der Waals surface area contributed by atoms with Crippen LogP contribution < -0.4 is 16.0 Å². The Morgan fingerprint density at radius 3 is 2.86 bits per heavy atom. The molecule has 2 heterocycles. The largest absolute Gasteiger partial charge is 0.396 e. The van der Waals surface area contributed by atoms with Crippen LogP contribution in [0.1, 0.15) is 28.6 Å². The van der Waals surface area contributed by atoms with Crippen LogP contribution in [0, 0.1) is 11.3 Å². The Morgan fingerprint density at radius 1 is 1.52 bits per heavy atom. The number of amides is 1. The highest BCUT2D eigenvalue weighted by Gasteiger charge is 2.29. The second-order valence-corrected chi connectivity index (χ2v) is 6.37. The van der Waals surface area contributed by atoms with Gasteiger partial charge in [-0.25, -0.2) is 0 Å². The molecule has 0 radical (unpaired) electrons. The minimum Gasteiger partial charge on any atom is -0.396 e. The van der Waals surface area contributed by atoms with Crippen molar-refractivity contribution in [1.29, 1.82) is 5.26 Å². The van der Waals surface area contributed by atoms with Gasteiger partial charge in [-0.3, -0.25) is 4.79 Å². The quantitative estimate of drug-likeness (QED) is 0.854. The highest BCUT2D eigenvalue weighted by molar-refractivity contribution is 7.17. The molecule has 1 unspecified atom stereocenters. The predicted molar refractivity (Wildman–Crippen MR) is 85.8 cm³/mol. The van der Waals surface area contributed by atoms with Gasteiger partial charge in [0.05, 0.1) is 11.3 Å². The Morgan fingerprint density at radius 2 is 2.24 bits per heavy atom. The number of thiophene rings is 1. The lowest BCUT2D eigenvalue weighted by molar-refractivity contribution is 0.0964. The Kier molecular flexibility index (Phi) is 4.70. The molecule has 0 aliphatic carbocycles. The summed E-state index contributed by atoms with van der Waals surface area (Å²) >= 11 is 1.31. The molecule has 0 aromatic carbocycles. The number of nitrogen functional groups attached to an aromatic ring is 1. The number of carbonyl (C=O) groups excluding carboxylic acids is 1. The summed E-state index contributed by atoms with van der Waals surface area (Å²) in [5, 5.41) is 12.6. The van der Waals surface area contributed by atoms with E-state index >= 15 is 0 Å². The fourth-order valence-corrected chi connectivity index (χ4v) is 3.88. The first kappa shape index (κ1) is 15.6. The highest BCUT2D eigenvalue weighted by atomic mass is 32.1. The first-order chi connectivity index (χ1) is 9.99. The molecule has 7 heteroatoms. The molecule has 1 amide bonds. The second-order valence-electron chi connectivity index (χ2n) is 5.37. The average Bonchev–Trinajstić information content (AvgIpc) is 2.68. The number of rotatable bonds is 2. The van der Waals surface area contributed by atoms with Gasteiger partial charge in [-0.1, -0.05) is 0 Å². The van der Waals surface area contributed by atoms with Crippen molar-refractivity contribution >= 4 is 27.9 Å².